The average Bonchev–Trinajstić information content (AvgIpc) is 2.66. The highest BCUT2D eigenvalue weighted by Gasteiger charge is 2.19. The molecule has 0 aliphatic heterocycles. The van der Waals surface area contributed by atoms with Gasteiger partial charge in [-0.2, -0.15) is 0 Å². The van der Waals surface area contributed by atoms with Gasteiger partial charge in [-0.1, -0.05) is 75.4 Å². The van der Waals surface area contributed by atoms with Crippen LogP contribution in [0.5, 0.6) is 0 Å². The minimum absolute atomic E-state index is 0.252. The number of esters is 1. The SMILES string of the molecule is CCOC(=O)C(Cc1ccccc1)/N=C/C(C)Cc1ccc(C(C)C)cc1. The van der Waals surface area contributed by atoms with E-state index >= 15 is 0 Å². The van der Waals surface area contributed by atoms with Crippen LogP contribution in [0.3, 0.4) is 0 Å². The first-order valence-corrected chi connectivity index (χ1v) is 9.82. The maximum absolute atomic E-state index is 12.3. The third-order valence-corrected chi connectivity index (χ3v) is 4.56. The molecule has 2 aromatic carbocycles. The Morgan fingerprint density at radius 1 is 0.963 bits per heavy atom. The molecule has 3 nitrogen and oxygen atoms in total. The first-order valence-electron chi connectivity index (χ1n) is 9.82. The van der Waals surface area contributed by atoms with Crippen molar-refractivity contribution in [3.05, 3.63) is 71.3 Å². The van der Waals surface area contributed by atoms with Crippen molar-refractivity contribution in [2.45, 2.75) is 52.5 Å². The molecule has 2 rings (SSSR count). The van der Waals surface area contributed by atoms with Gasteiger partial charge in [0.1, 0.15) is 0 Å². The summed E-state index contributed by atoms with van der Waals surface area (Å²) >= 11 is 0. The second-order valence-corrected chi connectivity index (χ2v) is 7.33. The molecule has 2 atom stereocenters. The Hall–Kier alpha value is -2.42. The number of hydrogen-bond donors (Lipinski definition) is 0. The summed E-state index contributed by atoms with van der Waals surface area (Å²) < 4.78 is 5.21. The molecular formula is C24H31NO2. The summed E-state index contributed by atoms with van der Waals surface area (Å²) in [5, 5.41) is 0. The maximum atomic E-state index is 12.3. The van der Waals surface area contributed by atoms with Gasteiger partial charge in [-0.3, -0.25) is 4.99 Å². The second kappa shape index (κ2) is 10.7. The van der Waals surface area contributed by atoms with E-state index in [0.717, 1.165) is 12.0 Å². The van der Waals surface area contributed by atoms with E-state index in [2.05, 4.69) is 50.0 Å². The van der Waals surface area contributed by atoms with Gasteiger partial charge in [-0.05, 0) is 41.9 Å². The van der Waals surface area contributed by atoms with E-state index < -0.39 is 6.04 Å². The fourth-order valence-electron chi connectivity index (χ4n) is 2.99. The predicted octanol–water partition coefficient (Wildman–Crippen LogP) is 5.23. The molecule has 0 saturated heterocycles. The Morgan fingerprint density at radius 2 is 1.59 bits per heavy atom. The smallest absolute Gasteiger partial charge is 0.331 e. The van der Waals surface area contributed by atoms with Crippen LogP contribution >= 0.6 is 0 Å². The van der Waals surface area contributed by atoms with Crippen LogP contribution < -0.4 is 0 Å². The third kappa shape index (κ3) is 7.01. The molecule has 27 heavy (non-hydrogen) atoms. The lowest BCUT2D eigenvalue weighted by Crippen LogP contribution is -2.24. The number of nitrogens with zero attached hydrogens (tertiary/aromatic N) is 1. The van der Waals surface area contributed by atoms with E-state index in [9.17, 15) is 4.79 Å². The highest BCUT2D eigenvalue weighted by Crippen LogP contribution is 2.16. The van der Waals surface area contributed by atoms with Gasteiger partial charge in [0.05, 0.1) is 6.61 Å². The van der Waals surface area contributed by atoms with E-state index in [0.29, 0.717) is 18.9 Å². The largest absolute Gasteiger partial charge is 0.464 e. The van der Waals surface area contributed by atoms with Crippen molar-refractivity contribution in [3.63, 3.8) is 0 Å². The van der Waals surface area contributed by atoms with Gasteiger partial charge in [-0.25, -0.2) is 4.79 Å². The number of rotatable bonds is 9. The molecule has 0 aliphatic rings. The summed E-state index contributed by atoms with van der Waals surface area (Å²) in [5.74, 6) is 0.537. The van der Waals surface area contributed by atoms with Crippen molar-refractivity contribution in [1.82, 2.24) is 0 Å². The van der Waals surface area contributed by atoms with Crippen LogP contribution in [0.2, 0.25) is 0 Å². The molecule has 0 fully saturated rings. The molecule has 0 bridgehead atoms. The van der Waals surface area contributed by atoms with Gasteiger partial charge in [0.15, 0.2) is 6.04 Å². The molecule has 2 unspecified atom stereocenters. The van der Waals surface area contributed by atoms with Gasteiger partial charge in [-0.15, -0.1) is 0 Å². The maximum Gasteiger partial charge on any atom is 0.331 e. The van der Waals surface area contributed by atoms with E-state index in [1.54, 1.807) is 0 Å². The van der Waals surface area contributed by atoms with E-state index in [4.69, 9.17) is 4.74 Å². The molecule has 2 aromatic rings. The molecule has 0 radical (unpaired) electrons. The highest BCUT2D eigenvalue weighted by molar-refractivity contribution is 5.78. The van der Waals surface area contributed by atoms with Gasteiger partial charge in [0, 0.05) is 12.6 Å². The number of hydrogen-bond acceptors (Lipinski definition) is 3. The second-order valence-electron chi connectivity index (χ2n) is 7.33. The molecule has 0 saturated carbocycles. The molecule has 0 N–H and O–H groups in total. The molecule has 0 amide bonds. The number of ether oxygens (including phenoxy) is 1. The minimum atomic E-state index is -0.488. The van der Waals surface area contributed by atoms with Crippen molar-refractivity contribution >= 4 is 12.2 Å². The van der Waals surface area contributed by atoms with Gasteiger partial charge in [0.2, 0.25) is 0 Å². The number of carbonyl (C=O) groups is 1. The zero-order chi connectivity index (χ0) is 19.6. The zero-order valence-electron chi connectivity index (χ0n) is 16.9. The van der Waals surface area contributed by atoms with Crippen LogP contribution in [0, 0.1) is 5.92 Å². The molecule has 3 heteroatoms. The lowest BCUT2D eigenvalue weighted by atomic mass is 9.97. The van der Waals surface area contributed by atoms with Crippen LogP contribution in [0.15, 0.2) is 59.6 Å². The zero-order valence-corrected chi connectivity index (χ0v) is 16.9. The molecule has 0 heterocycles. The van der Waals surface area contributed by atoms with E-state index in [-0.39, 0.29) is 11.9 Å². The summed E-state index contributed by atoms with van der Waals surface area (Å²) in [7, 11) is 0. The molecular weight excluding hydrogens is 334 g/mol. The fraction of sp³-hybridized carbons (Fsp3) is 0.417. The van der Waals surface area contributed by atoms with Gasteiger partial charge >= 0.3 is 5.97 Å². The predicted molar refractivity (Wildman–Crippen MR) is 112 cm³/mol. The molecule has 0 aliphatic carbocycles. The Balaban J connectivity index is 2.01. The lowest BCUT2D eigenvalue weighted by molar-refractivity contribution is -0.144. The van der Waals surface area contributed by atoms with E-state index in [1.807, 2.05) is 43.5 Å². The fourth-order valence-corrected chi connectivity index (χ4v) is 2.99. The lowest BCUT2D eigenvalue weighted by Gasteiger charge is -2.13. The Kier molecular flexibility index (Phi) is 8.25. The Labute approximate surface area is 163 Å². The van der Waals surface area contributed by atoms with Crippen LogP contribution in [0.4, 0.5) is 0 Å². The van der Waals surface area contributed by atoms with Crippen LogP contribution in [-0.4, -0.2) is 24.8 Å². The minimum Gasteiger partial charge on any atom is -0.464 e. The standard InChI is InChI=1S/C24H31NO2/c1-5-27-24(26)23(16-20-9-7-6-8-10-20)25-17-19(4)15-21-11-13-22(14-12-21)18(2)3/h6-14,17-19,23H,5,15-16H2,1-4H3/b25-17+. The van der Waals surface area contributed by atoms with E-state index in [1.165, 1.54) is 11.1 Å². The summed E-state index contributed by atoms with van der Waals surface area (Å²) in [4.78, 5) is 16.9. The first kappa shape index (κ1) is 20.9. The monoisotopic (exact) mass is 365 g/mol. The highest BCUT2D eigenvalue weighted by atomic mass is 16.5. The number of benzene rings is 2. The molecule has 0 spiro atoms. The van der Waals surface area contributed by atoms with Crippen molar-refractivity contribution in [1.29, 1.82) is 0 Å². The Bertz CT molecular complexity index is 720. The van der Waals surface area contributed by atoms with Crippen LogP contribution in [-0.2, 0) is 22.4 Å². The average molecular weight is 366 g/mol. The first-order chi connectivity index (χ1) is 13.0. The third-order valence-electron chi connectivity index (χ3n) is 4.56. The number of aliphatic imine (C=N–C) groups is 1. The van der Waals surface area contributed by atoms with Crippen molar-refractivity contribution in [3.8, 4) is 0 Å². The summed E-state index contributed by atoms with van der Waals surface area (Å²) in [5.41, 5.74) is 3.73. The topological polar surface area (TPSA) is 38.7 Å². The molecule has 144 valence electrons. The summed E-state index contributed by atoms with van der Waals surface area (Å²) in [6, 6.07) is 18.2. The molecule has 0 aromatic heterocycles. The van der Waals surface area contributed by atoms with Crippen LogP contribution in [0.25, 0.3) is 0 Å². The van der Waals surface area contributed by atoms with Gasteiger partial charge < -0.3 is 4.74 Å². The summed E-state index contributed by atoms with van der Waals surface area (Å²) in [6.07, 6.45) is 3.37. The van der Waals surface area contributed by atoms with Crippen molar-refractivity contribution in [2.24, 2.45) is 10.9 Å². The Morgan fingerprint density at radius 3 is 2.19 bits per heavy atom. The van der Waals surface area contributed by atoms with Crippen LogP contribution in [0.1, 0.15) is 50.3 Å². The quantitative estimate of drug-likeness (QED) is 0.450. The van der Waals surface area contributed by atoms with Crippen molar-refractivity contribution in [2.75, 3.05) is 6.61 Å². The number of carbonyl (C=O) groups excluding carboxylic acids is 1. The van der Waals surface area contributed by atoms with Gasteiger partial charge in [0.25, 0.3) is 0 Å². The summed E-state index contributed by atoms with van der Waals surface area (Å²) in [6.45, 7) is 8.73. The normalized spacial score (nSPS) is 13.7. The van der Waals surface area contributed by atoms with Crippen molar-refractivity contribution < 1.29 is 9.53 Å².